The summed E-state index contributed by atoms with van der Waals surface area (Å²) in [5.41, 5.74) is 0.534. The van der Waals surface area contributed by atoms with Crippen LogP contribution in [0, 0.1) is 11.7 Å². The van der Waals surface area contributed by atoms with Crippen molar-refractivity contribution in [3.05, 3.63) is 35.6 Å². The maximum atomic E-state index is 12.9. The van der Waals surface area contributed by atoms with Crippen LogP contribution < -0.4 is 5.32 Å². The van der Waals surface area contributed by atoms with Gasteiger partial charge in [-0.2, -0.15) is 0 Å². The summed E-state index contributed by atoms with van der Waals surface area (Å²) in [6.07, 6.45) is 9.23. The van der Waals surface area contributed by atoms with Gasteiger partial charge in [0.15, 0.2) is 0 Å². The molecule has 1 aromatic rings. The highest BCUT2D eigenvalue weighted by atomic mass is 19.1. The molecule has 1 aromatic carbocycles. The fourth-order valence-electron chi connectivity index (χ4n) is 3.98. The molecule has 2 aliphatic rings. The van der Waals surface area contributed by atoms with Gasteiger partial charge in [0, 0.05) is 24.7 Å². The first kappa shape index (κ1) is 16.4. The first-order valence-electron chi connectivity index (χ1n) is 9.00. The number of hydrogen-bond donors (Lipinski definition) is 1. The van der Waals surface area contributed by atoms with Crippen LogP contribution >= 0.6 is 0 Å². The number of benzene rings is 1. The normalized spacial score (nSPS) is 23.6. The minimum atomic E-state index is -0.308. The predicted octanol–water partition coefficient (Wildman–Crippen LogP) is 3.60. The zero-order chi connectivity index (χ0) is 16.1. The number of carbonyl (C=O) groups is 1. The molecular weight excluding hydrogens is 291 g/mol. The largest absolute Gasteiger partial charge is 0.352 e. The van der Waals surface area contributed by atoms with Gasteiger partial charge in [-0.25, -0.2) is 4.39 Å². The Hall–Kier alpha value is -1.42. The molecular formula is C19H27FN2O. The van der Waals surface area contributed by atoms with Crippen molar-refractivity contribution in [1.82, 2.24) is 10.2 Å². The molecule has 1 amide bonds. The van der Waals surface area contributed by atoms with Crippen molar-refractivity contribution in [3.63, 3.8) is 0 Å². The van der Waals surface area contributed by atoms with Crippen LogP contribution in [-0.4, -0.2) is 36.5 Å². The zero-order valence-corrected chi connectivity index (χ0v) is 13.8. The van der Waals surface area contributed by atoms with Gasteiger partial charge in [0.2, 0.25) is 0 Å². The van der Waals surface area contributed by atoms with E-state index in [1.807, 2.05) is 0 Å². The van der Waals surface area contributed by atoms with Gasteiger partial charge >= 0.3 is 0 Å². The van der Waals surface area contributed by atoms with E-state index in [0.29, 0.717) is 11.5 Å². The van der Waals surface area contributed by atoms with Crippen molar-refractivity contribution in [3.8, 4) is 0 Å². The minimum absolute atomic E-state index is 0.0974. The Morgan fingerprint density at radius 3 is 2.57 bits per heavy atom. The number of hydrogen-bond acceptors (Lipinski definition) is 2. The second kappa shape index (κ2) is 7.91. The van der Waals surface area contributed by atoms with E-state index in [1.54, 1.807) is 12.1 Å². The lowest BCUT2D eigenvalue weighted by atomic mass is 9.90. The number of likely N-dealkylation sites (tertiary alicyclic amines) is 1. The minimum Gasteiger partial charge on any atom is -0.352 e. The third-order valence-electron chi connectivity index (χ3n) is 5.30. The lowest BCUT2D eigenvalue weighted by molar-refractivity contribution is 0.0866. The van der Waals surface area contributed by atoms with E-state index in [4.69, 9.17) is 0 Å². The van der Waals surface area contributed by atoms with Crippen LogP contribution in [0.1, 0.15) is 55.3 Å². The highest BCUT2D eigenvalue weighted by molar-refractivity contribution is 5.94. The van der Waals surface area contributed by atoms with E-state index in [9.17, 15) is 9.18 Å². The second-order valence-corrected chi connectivity index (χ2v) is 7.01. The summed E-state index contributed by atoms with van der Waals surface area (Å²) in [7, 11) is 0. The smallest absolute Gasteiger partial charge is 0.251 e. The monoisotopic (exact) mass is 318 g/mol. The van der Waals surface area contributed by atoms with E-state index in [-0.39, 0.29) is 11.7 Å². The van der Waals surface area contributed by atoms with Crippen LogP contribution in [0.4, 0.5) is 4.39 Å². The molecule has 1 aliphatic heterocycles. The van der Waals surface area contributed by atoms with Crippen molar-refractivity contribution in [2.24, 2.45) is 5.92 Å². The van der Waals surface area contributed by atoms with Gasteiger partial charge in [-0.15, -0.1) is 0 Å². The lowest BCUT2D eigenvalue weighted by Gasteiger charge is -2.40. The summed E-state index contributed by atoms with van der Waals surface area (Å²) >= 11 is 0. The van der Waals surface area contributed by atoms with Crippen molar-refractivity contribution in [1.29, 1.82) is 0 Å². The zero-order valence-electron chi connectivity index (χ0n) is 13.8. The quantitative estimate of drug-likeness (QED) is 0.920. The molecule has 1 aliphatic carbocycles. The predicted molar refractivity (Wildman–Crippen MR) is 89.9 cm³/mol. The summed E-state index contributed by atoms with van der Waals surface area (Å²) in [4.78, 5) is 14.8. The van der Waals surface area contributed by atoms with Crippen LogP contribution in [-0.2, 0) is 0 Å². The average molecular weight is 318 g/mol. The summed E-state index contributed by atoms with van der Waals surface area (Å²) in [6.45, 7) is 3.04. The Bertz CT molecular complexity index is 511. The Kier molecular flexibility index (Phi) is 5.65. The van der Waals surface area contributed by atoms with Gasteiger partial charge in [-0.05, 0) is 62.4 Å². The SMILES string of the molecule is O=C(NC[C@@H]1CCCN(C2CCCCC2)C1)c1ccc(F)cc1. The molecule has 0 spiro atoms. The van der Waals surface area contributed by atoms with Crippen LogP contribution in [0.3, 0.4) is 0 Å². The molecule has 1 saturated heterocycles. The summed E-state index contributed by atoms with van der Waals surface area (Å²) in [5.74, 6) is 0.131. The van der Waals surface area contributed by atoms with E-state index in [1.165, 1.54) is 63.6 Å². The number of carbonyl (C=O) groups excluding carboxylic acids is 1. The van der Waals surface area contributed by atoms with Crippen LogP contribution in [0.5, 0.6) is 0 Å². The van der Waals surface area contributed by atoms with Crippen LogP contribution in [0.15, 0.2) is 24.3 Å². The molecule has 2 fully saturated rings. The van der Waals surface area contributed by atoms with Crippen molar-refractivity contribution < 1.29 is 9.18 Å². The van der Waals surface area contributed by atoms with E-state index in [2.05, 4.69) is 10.2 Å². The Balaban J connectivity index is 1.47. The first-order valence-corrected chi connectivity index (χ1v) is 9.00. The number of rotatable bonds is 4. The second-order valence-electron chi connectivity index (χ2n) is 7.01. The molecule has 23 heavy (non-hydrogen) atoms. The maximum Gasteiger partial charge on any atom is 0.251 e. The number of nitrogens with one attached hydrogen (secondary N) is 1. The lowest BCUT2D eigenvalue weighted by Crippen LogP contribution is -2.46. The third kappa shape index (κ3) is 4.54. The summed E-state index contributed by atoms with van der Waals surface area (Å²) in [6, 6.07) is 6.51. The van der Waals surface area contributed by atoms with Crippen molar-refractivity contribution >= 4 is 5.91 Å². The molecule has 0 aromatic heterocycles. The standard InChI is InChI=1S/C19H27FN2O/c20-17-10-8-16(9-11-17)19(23)21-13-15-5-4-12-22(14-15)18-6-2-1-3-7-18/h8-11,15,18H,1-7,12-14H2,(H,21,23)/t15-/m0/s1. The van der Waals surface area contributed by atoms with Crippen molar-refractivity contribution in [2.75, 3.05) is 19.6 Å². The molecule has 1 saturated carbocycles. The maximum absolute atomic E-state index is 12.9. The average Bonchev–Trinajstić information content (AvgIpc) is 2.61. The van der Waals surface area contributed by atoms with Gasteiger partial charge < -0.3 is 10.2 Å². The molecule has 1 heterocycles. The highest BCUT2D eigenvalue weighted by Crippen LogP contribution is 2.26. The van der Waals surface area contributed by atoms with Gasteiger partial charge in [-0.1, -0.05) is 19.3 Å². The molecule has 4 heteroatoms. The number of halogens is 1. The van der Waals surface area contributed by atoms with Crippen LogP contribution in [0.2, 0.25) is 0 Å². The molecule has 0 radical (unpaired) electrons. The van der Waals surface area contributed by atoms with Gasteiger partial charge in [0.25, 0.3) is 5.91 Å². The molecule has 0 bridgehead atoms. The molecule has 3 rings (SSSR count). The van der Waals surface area contributed by atoms with Crippen molar-refractivity contribution in [2.45, 2.75) is 51.0 Å². The molecule has 1 atom stereocenters. The highest BCUT2D eigenvalue weighted by Gasteiger charge is 2.27. The number of nitrogens with zero attached hydrogens (tertiary/aromatic N) is 1. The number of amides is 1. The molecule has 1 N–H and O–H groups in total. The van der Waals surface area contributed by atoms with Gasteiger partial charge in [-0.3, -0.25) is 4.79 Å². The fraction of sp³-hybridized carbons (Fsp3) is 0.632. The topological polar surface area (TPSA) is 32.3 Å². The summed E-state index contributed by atoms with van der Waals surface area (Å²) < 4.78 is 12.9. The fourth-order valence-corrected chi connectivity index (χ4v) is 3.98. The van der Waals surface area contributed by atoms with Crippen LogP contribution in [0.25, 0.3) is 0 Å². The van der Waals surface area contributed by atoms with Gasteiger partial charge in [0.05, 0.1) is 0 Å². The first-order chi connectivity index (χ1) is 11.2. The number of piperidine rings is 1. The molecule has 3 nitrogen and oxygen atoms in total. The third-order valence-corrected chi connectivity index (χ3v) is 5.30. The van der Waals surface area contributed by atoms with Gasteiger partial charge in [0.1, 0.15) is 5.82 Å². The Morgan fingerprint density at radius 2 is 1.83 bits per heavy atom. The summed E-state index contributed by atoms with van der Waals surface area (Å²) in [5, 5.41) is 3.02. The van der Waals surface area contributed by atoms with E-state index in [0.717, 1.165) is 19.1 Å². The Labute approximate surface area is 138 Å². The molecule has 0 unspecified atom stereocenters. The van der Waals surface area contributed by atoms with E-state index >= 15 is 0 Å². The van der Waals surface area contributed by atoms with E-state index < -0.39 is 0 Å². The molecule has 126 valence electrons. The Morgan fingerprint density at radius 1 is 1.09 bits per heavy atom.